The van der Waals surface area contributed by atoms with Crippen molar-refractivity contribution in [2.24, 2.45) is 0 Å². The summed E-state index contributed by atoms with van der Waals surface area (Å²) in [7, 11) is 0. The van der Waals surface area contributed by atoms with Gasteiger partial charge >= 0.3 is 0 Å². The molecular weight excluding hydrogens is 350 g/mol. The number of hydrogen-bond donors (Lipinski definition) is 0. The highest BCUT2D eigenvalue weighted by Gasteiger charge is 2.26. The van der Waals surface area contributed by atoms with Gasteiger partial charge in [-0.1, -0.05) is 65.8 Å². The summed E-state index contributed by atoms with van der Waals surface area (Å²) in [6.07, 6.45) is 0.483. The van der Waals surface area contributed by atoms with E-state index in [2.05, 4.69) is 34.3 Å². The van der Waals surface area contributed by atoms with Crippen LogP contribution in [-0.2, 0) is 4.79 Å². The average Bonchev–Trinajstić information content (AvgIpc) is 3.19. The average molecular weight is 375 g/mol. The van der Waals surface area contributed by atoms with Gasteiger partial charge in [-0.25, -0.2) is 0 Å². The number of amides is 1. The summed E-state index contributed by atoms with van der Waals surface area (Å²) in [6, 6.07) is 22.5. The van der Waals surface area contributed by atoms with Gasteiger partial charge in [-0.15, -0.1) is 0 Å². The second-order valence-corrected chi connectivity index (χ2v) is 7.24. The predicted molar refractivity (Wildman–Crippen MR) is 109 cm³/mol. The number of anilines is 1. The van der Waals surface area contributed by atoms with E-state index < -0.39 is 0 Å². The van der Waals surface area contributed by atoms with E-state index in [4.69, 9.17) is 4.52 Å². The quantitative estimate of drug-likeness (QED) is 0.680. The van der Waals surface area contributed by atoms with Gasteiger partial charge in [0.1, 0.15) is 5.76 Å². The van der Waals surface area contributed by atoms with Crippen LogP contribution >= 0.6 is 0 Å². The van der Waals surface area contributed by atoms with Crippen molar-refractivity contribution in [2.75, 3.05) is 31.1 Å². The topological polar surface area (TPSA) is 49.6 Å². The Kier molecular flexibility index (Phi) is 5.42. The van der Waals surface area contributed by atoms with Crippen molar-refractivity contribution in [3.8, 4) is 0 Å². The van der Waals surface area contributed by atoms with Crippen molar-refractivity contribution in [1.82, 2.24) is 10.1 Å². The van der Waals surface area contributed by atoms with Crippen LogP contribution in [0.2, 0.25) is 0 Å². The Labute approximate surface area is 165 Å². The third-order valence-electron chi connectivity index (χ3n) is 5.35. The maximum Gasteiger partial charge on any atom is 0.223 e. The molecule has 2 aromatic carbocycles. The van der Waals surface area contributed by atoms with Crippen LogP contribution in [0.3, 0.4) is 0 Å². The Hall–Kier alpha value is -3.08. The molecule has 1 saturated heterocycles. The monoisotopic (exact) mass is 375 g/mol. The zero-order valence-electron chi connectivity index (χ0n) is 16.1. The molecule has 0 unspecified atom stereocenters. The molecule has 1 fully saturated rings. The van der Waals surface area contributed by atoms with Crippen molar-refractivity contribution < 1.29 is 9.32 Å². The van der Waals surface area contributed by atoms with Gasteiger partial charge in [0.15, 0.2) is 5.82 Å². The van der Waals surface area contributed by atoms with Gasteiger partial charge in [-0.2, -0.15) is 0 Å². The lowest BCUT2D eigenvalue weighted by molar-refractivity contribution is -0.131. The van der Waals surface area contributed by atoms with Crippen LogP contribution in [0.25, 0.3) is 0 Å². The molecule has 5 heteroatoms. The predicted octanol–water partition coefficient (Wildman–Crippen LogP) is 3.85. The first-order chi connectivity index (χ1) is 13.7. The molecule has 1 aliphatic rings. The van der Waals surface area contributed by atoms with Gasteiger partial charge < -0.3 is 14.3 Å². The number of aryl methyl sites for hydroxylation is 1. The summed E-state index contributed by atoms with van der Waals surface area (Å²) < 4.78 is 5.17. The third-order valence-corrected chi connectivity index (χ3v) is 5.35. The lowest BCUT2D eigenvalue weighted by Gasteiger charge is -2.35. The normalized spacial score (nSPS) is 14.5. The molecule has 4 rings (SSSR count). The summed E-state index contributed by atoms with van der Waals surface area (Å²) in [6.45, 7) is 4.86. The molecule has 0 N–H and O–H groups in total. The van der Waals surface area contributed by atoms with Gasteiger partial charge in [0.25, 0.3) is 0 Å². The zero-order chi connectivity index (χ0) is 19.3. The second kappa shape index (κ2) is 8.30. The van der Waals surface area contributed by atoms with Crippen LogP contribution in [0.5, 0.6) is 0 Å². The molecule has 28 heavy (non-hydrogen) atoms. The van der Waals surface area contributed by atoms with Crippen molar-refractivity contribution in [3.05, 3.63) is 83.6 Å². The molecule has 0 atom stereocenters. The van der Waals surface area contributed by atoms with E-state index in [1.807, 2.05) is 54.3 Å². The third kappa shape index (κ3) is 4.09. The minimum Gasteiger partial charge on any atom is -0.360 e. The van der Waals surface area contributed by atoms with Gasteiger partial charge in [0, 0.05) is 44.6 Å². The van der Waals surface area contributed by atoms with E-state index in [1.54, 1.807) is 0 Å². The van der Waals surface area contributed by atoms with E-state index in [9.17, 15) is 4.79 Å². The van der Waals surface area contributed by atoms with Gasteiger partial charge in [0.05, 0.1) is 0 Å². The molecule has 2 heterocycles. The van der Waals surface area contributed by atoms with Crippen molar-refractivity contribution in [1.29, 1.82) is 0 Å². The summed E-state index contributed by atoms with van der Waals surface area (Å²) >= 11 is 0. The first-order valence-corrected chi connectivity index (χ1v) is 9.76. The molecular formula is C23H25N3O2. The van der Waals surface area contributed by atoms with Crippen molar-refractivity contribution in [2.45, 2.75) is 19.3 Å². The molecule has 5 nitrogen and oxygen atoms in total. The maximum atomic E-state index is 13.1. The van der Waals surface area contributed by atoms with Gasteiger partial charge in [-0.05, 0) is 18.1 Å². The van der Waals surface area contributed by atoms with E-state index in [0.717, 1.165) is 24.7 Å². The van der Waals surface area contributed by atoms with Gasteiger partial charge in [-0.3, -0.25) is 4.79 Å². The number of benzene rings is 2. The smallest absolute Gasteiger partial charge is 0.223 e. The fourth-order valence-electron chi connectivity index (χ4n) is 3.79. The fourth-order valence-corrected chi connectivity index (χ4v) is 3.79. The van der Waals surface area contributed by atoms with E-state index in [0.29, 0.717) is 19.5 Å². The van der Waals surface area contributed by atoms with Crippen LogP contribution < -0.4 is 4.90 Å². The molecule has 0 bridgehead atoms. The maximum absolute atomic E-state index is 13.1. The van der Waals surface area contributed by atoms with Gasteiger partial charge in [0.2, 0.25) is 5.91 Å². The van der Waals surface area contributed by atoms with Crippen LogP contribution in [0.4, 0.5) is 5.82 Å². The molecule has 3 aromatic rings. The highest BCUT2D eigenvalue weighted by atomic mass is 16.5. The SMILES string of the molecule is Cc1cc(N2CCN(C(=O)CC(c3ccccc3)c3ccccc3)CC2)no1. The van der Waals surface area contributed by atoms with E-state index in [-0.39, 0.29) is 11.8 Å². The van der Waals surface area contributed by atoms with E-state index in [1.165, 1.54) is 11.1 Å². The number of aromatic nitrogens is 1. The lowest BCUT2D eigenvalue weighted by Crippen LogP contribution is -2.49. The minimum atomic E-state index is 0.0751. The van der Waals surface area contributed by atoms with E-state index >= 15 is 0 Å². The Balaban J connectivity index is 1.44. The molecule has 1 aromatic heterocycles. The molecule has 1 aliphatic heterocycles. The Morgan fingerprint density at radius 1 is 0.964 bits per heavy atom. The van der Waals surface area contributed by atoms with Crippen molar-refractivity contribution >= 4 is 11.7 Å². The highest BCUT2D eigenvalue weighted by Crippen LogP contribution is 2.29. The van der Waals surface area contributed by atoms with Crippen LogP contribution in [-0.4, -0.2) is 42.1 Å². The zero-order valence-corrected chi connectivity index (χ0v) is 16.1. The number of piperazine rings is 1. The van der Waals surface area contributed by atoms with Crippen molar-refractivity contribution in [3.63, 3.8) is 0 Å². The Morgan fingerprint density at radius 3 is 2.04 bits per heavy atom. The number of carbonyl (C=O) groups excluding carboxylic acids is 1. The Morgan fingerprint density at radius 2 is 1.54 bits per heavy atom. The summed E-state index contributed by atoms with van der Waals surface area (Å²) in [5.41, 5.74) is 2.36. The summed E-state index contributed by atoms with van der Waals surface area (Å²) in [5.74, 6) is 1.94. The standard InChI is InChI=1S/C23H25N3O2/c1-18-16-22(24-28-18)25-12-14-26(15-13-25)23(27)17-21(19-8-4-2-5-9-19)20-10-6-3-7-11-20/h2-11,16,21H,12-15,17H2,1H3. The van der Waals surface area contributed by atoms with Crippen LogP contribution in [0.1, 0.15) is 29.2 Å². The number of rotatable bonds is 5. The summed E-state index contributed by atoms with van der Waals surface area (Å²) in [4.78, 5) is 17.2. The number of carbonyl (C=O) groups is 1. The molecule has 144 valence electrons. The molecule has 1 amide bonds. The Bertz CT molecular complexity index is 860. The fraction of sp³-hybridized carbons (Fsp3) is 0.304. The lowest BCUT2D eigenvalue weighted by atomic mass is 9.88. The molecule has 0 saturated carbocycles. The molecule has 0 spiro atoms. The largest absolute Gasteiger partial charge is 0.360 e. The minimum absolute atomic E-state index is 0.0751. The molecule has 0 aliphatic carbocycles. The molecule has 0 radical (unpaired) electrons. The second-order valence-electron chi connectivity index (χ2n) is 7.24. The number of hydrogen-bond acceptors (Lipinski definition) is 4. The van der Waals surface area contributed by atoms with Crippen LogP contribution in [0.15, 0.2) is 71.3 Å². The summed E-state index contributed by atoms with van der Waals surface area (Å²) in [5, 5.41) is 4.08. The first kappa shape index (κ1) is 18.3. The highest BCUT2D eigenvalue weighted by molar-refractivity contribution is 5.78. The first-order valence-electron chi connectivity index (χ1n) is 9.76. The number of nitrogens with zero attached hydrogens (tertiary/aromatic N) is 3. The van der Waals surface area contributed by atoms with Crippen LogP contribution in [0, 0.1) is 6.92 Å².